The van der Waals surface area contributed by atoms with Crippen LogP contribution in [-0.4, -0.2) is 28.6 Å². The van der Waals surface area contributed by atoms with Gasteiger partial charge in [0.15, 0.2) is 0 Å². The van der Waals surface area contributed by atoms with E-state index in [2.05, 4.69) is 34.7 Å². The molecule has 102 valence electrons. The first-order valence-corrected chi connectivity index (χ1v) is 8.49. The number of rotatable bonds is 5. The normalized spacial score (nSPS) is 20.5. The fraction of sp³-hybridized carbons (Fsp3) is 0.714. The molecule has 0 spiro atoms. The van der Waals surface area contributed by atoms with Crippen LogP contribution in [0.4, 0.5) is 0 Å². The molecule has 1 N–H and O–H groups in total. The van der Waals surface area contributed by atoms with E-state index < -0.39 is 0 Å². The Labute approximate surface area is 122 Å². The van der Waals surface area contributed by atoms with Gasteiger partial charge in [-0.05, 0) is 53.3 Å². The van der Waals surface area contributed by atoms with E-state index in [1.165, 1.54) is 12.8 Å². The van der Waals surface area contributed by atoms with Crippen LogP contribution in [0.15, 0.2) is 15.9 Å². The number of thiophene rings is 1. The predicted molar refractivity (Wildman–Crippen MR) is 81.1 cm³/mol. The number of aliphatic hydroxyl groups is 1. The Hall–Kier alpha value is 0.100. The molecule has 0 radical (unpaired) electrons. The molecule has 1 aromatic heterocycles. The predicted octanol–water partition coefficient (Wildman–Crippen LogP) is 4.20. The summed E-state index contributed by atoms with van der Waals surface area (Å²) < 4.78 is 1.05. The van der Waals surface area contributed by atoms with Gasteiger partial charge in [-0.25, -0.2) is 0 Å². The standard InChI is InChI=1S/C14H22BrNOS/c1-3-16(4-2)14(8-5-6-9-14)13(17)12-11(15)7-10-18-12/h7,10,13,17H,3-6,8-9H2,1-2H3. The lowest BCUT2D eigenvalue weighted by atomic mass is 9.87. The van der Waals surface area contributed by atoms with Crippen molar-refractivity contribution in [2.75, 3.05) is 13.1 Å². The SMILES string of the molecule is CCN(CC)C1(C(O)c2sccc2Br)CCCC1. The highest BCUT2D eigenvalue weighted by atomic mass is 79.9. The van der Waals surface area contributed by atoms with E-state index in [-0.39, 0.29) is 11.6 Å². The molecule has 1 unspecified atom stereocenters. The van der Waals surface area contributed by atoms with Crippen molar-refractivity contribution in [1.82, 2.24) is 4.90 Å². The Morgan fingerprint density at radius 1 is 1.39 bits per heavy atom. The highest BCUT2D eigenvalue weighted by molar-refractivity contribution is 9.10. The van der Waals surface area contributed by atoms with E-state index >= 15 is 0 Å². The van der Waals surface area contributed by atoms with E-state index in [9.17, 15) is 5.11 Å². The molecule has 0 bridgehead atoms. The number of halogens is 1. The van der Waals surface area contributed by atoms with Gasteiger partial charge in [0.05, 0.1) is 5.54 Å². The molecular formula is C14H22BrNOS. The fourth-order valence-electron chi connectivity index (χ4n) is 3.35. The molecule has 18 heavy (non-hydrogen) atoms. The van der Waals surface area contributed by atoms with Crippen LogP contribution in [0.2, 0.25) is 0 Å². The van der Waals surface area contributed by atoms with Gasteiger partial charge in [-0.2, -0.15) is 0 Å². The van der Waals surface area contributed by atoms with Gasteiger partial charge in [-0.3, -0.25) is 4.90 Å². The van der Waals surface area contributed by atoms with Gasteiger partial charge >= 0.3 is 0 Å². The van der Waals surface area contributed by atoms with E-state index in [4.69, 9.17) is 0 Å². The molecule has 1 aliphatic carbocycles. The molecular weight excluding hydrogens is 310 g/mol. The number of hydrogen-bond donors (Lipinski definition) is 1. The minimum atomic E-state index is -0.366. The number of hydrogen-bond acceptors (Lipinski definition) is 3. The zero-order valence-corrected chi connectivity index (χ0v) is 13.6. The van der Waals surface area contributed by atoms with Crippen LogP contribution < -0.4 is 0 Å². The van der Waals surface area contributed by atoms with Crippen LogP contribution >= 0.6 is 27.3 Å². The zero-order valence-electron chi connectivity index (χ0n) is 11.2. The molecule has 1 heterocycles. The molecule has 1 fully saturated rings. The van der Waals surface area contributed by atoms with Crippen LogP contribution in [0, 0.1) is 0 Å². The lowest BCUT2D eigenvalue weighted by Gasteiger charge is -2.43. The van der Waals surface area contributed by atoms with Crippen LogP contribution in [-0.2, 0) is 0 Å². The van der Waals surface area contributed by atoms with Crippen molar-refractivity contribution < 1.29 is 5.11 Å². The Balaban J connectivity index is 2.33. The van der Waals surface area contributed by atoms with Crippen molar-refractivity contribution in [3.8, 4) is 0 Å². The molecule has 0 aliphatic heterocycles. The maximum absolute atomic E-state index is 10.9. The highest BCUT2D eigenvalue weighted by Gasteiger charge is 2.45. The third kappa shape index (κ3) is 2.40. The average molecular weight is 332 g/mol. The Kier molecular flexibility index (Phi) is 4.86. The van der Waals surface area contributed by atoms with Gasteiger partial charge in [0, 0.05) is 9.35 Å². The molecule has 4 heteroatoms. The van der Waals surface area contributed by atoms with Gasteiger partial charge in [-0.15, -0.1) is 11.3 Å². The van der Waals surface area contributed by atoms with E-state index in [0.29, 0.717) is 0 Å². The third-order valence-electron chi connectivity index (χ3n) is 4.26. The van der Waals surface area contributed by atoms with Gasteiger partial charge in [-0.1, -0.05) is 26.7 Å². The van der Waals surface area contributed by atoms with Crippen LogP contribution in [0.25, 0.3) is 0 Å². The monoisotopic (exact) mass is 331 g/mol. The summed E-state index contributed by atoms with van der Waals surface area (Å²) in [4.78, 5) is 3.54. The number of aliphatic hydroxyl groups excluding tert-OH is 1. The van der Waals surface area contributed by atoms with Crippen LogP contribution in [0.3, 0.4) is 0 Å². The quantitative estimate of drug-likeness (QED) is 0.874. The van der Waals surface area contributed by atoms with E-state index in [1.54, 1.807) is 11.3 Å². The van der Waals surface area contributed by atoms with Gasteiger partial charge in [0.25, 0.3) is 0 Å². The molecule has 0 amide bonds. The van der Waals surface area contributed by atoms with Crippen LogP contribution in [0.5, 0.6) is 0 Å². The highest BCUT2D eigenvalue weighted by Crippen LogP contribution is 2.47. The summed E-state index contributed by atoms with van der Waals surface area (Å²) in [5.41, 5.74) is -0.0448. The lowest BCUT2D eigenvalue weighted by molar-refractivity contribution is -0.0253. The van der Waals surface area contributed by atoms with Gasteiger partial charge in [0.1, 0.15) is 6.10 Å². The molecule has 1 saturated carbocycles. The third-order valence-corrected chi connectivity index (χ3v) is 6.19. The van der Waals surface area contributed by atoms with Crippen molar-refractivity contribution >= 4 is 27.3 Å². The summed E-state index contributed by atoms with van der Waals surface area (Å²) in [6, 6.07) is 2.04. The second-order valence-electron chi connectivity index (χ2n) is 5.02. The largest absolute Gasteiger partial charge is 0.386 e. The van der Waals surface area contributed by atoms with Crippen molar-refractivity contribution in [3.05, 3.63) is 20.8 Å². The van der Waals surface area contributed by atoms with Crippen molar-refractivity contribution in [1.29, 1.82) is 0 Å². The first kappa shape index (κ1) is 14.5. The van der Waals surface area contributed by atoms with Gasteiger partial charge < -0.3 is 5.11 Å². The summed E-state index contributed by atoms with van der Waals surface area (Å²) in [6.45, 7) is 6.41. The molecule has 1 aromatic rings. The Morgan fingerprint density at radius 2 is 2.00 bits per heavy atom. The van der Waals surface area contributed by atoms with Gasteiger partial charge in [0.2, 0.25) is 0 Å². The summed E-state index contributed by atoms with van der Waals surface area (Å²) in [7, 11) is 0. The summed E-state index contributed by atoms with van der Waals surface area (Å²) >= 11 is 5.22. The summed E-state index contributed by atoms with van der Waals surface area (Å²) in [5.74, 6) is 0. The summed E-state index contributed by atoms with van der Waals surface area (Å²) in [5, 5.41) is 13.0. The van der Waals surface area contributed by atoms with Crippen LogP contribution in [0.1, 0.15) is 50.5 Å². The maximum atomic E-state index is 10.9. The molecule has 2 rings (SSSR count). The summed E-state index contributed by atoms with van der Waals surface area (Å²) in [6.07, 6.45) is 4.32. The van der Waals surface area contributed by atoms with E-state index in [1.807, 2.05) is 11.4 Å². The lowest BCUT2D eigenvalue weighted by Crippen LogP contribution is -2.50. The van der Waals surface area contributed by atoms with Crippen molar-refractivity contribution in [2.24, 2.45) is 0 Å². The minimum Gasteiger partial charge on any atom is -0.386 e. The topological polar surface area (TPSA) is 23.5 Å². The maximum Gasteiger partial charge on any atom is 0.108 e. The molecule has 1 atom stereocenters. The first-order chi connectivity index (χ1) is 8.65. The number of likely N-dealkylation sites (N-methyl/N-ethyl adjacent to an activating group) is 1. The van der Waals surface area contributed by atoms with E-state index in [0.717, 1.165) is 35.3 Å². The molecule has 2 nitrogen and oxygen atoms in total. The molecule has 0 aromatic carbocycles. The van der Waals surface area contributed by atoms with Crippen molar-refractivity contribution in [3.63, 3.8) is 0 Å². The molecule has 0 saturated heterocycles. The minimum absolute atomic E-state index is 0.0448. The Bertz CT molecular complexity index is 383. The Morgan fingerprint density at radius 3 is 2.44 bits per heavy atom. The molecule has 1 aliphatic rings. The zero-order chi connectivity index (χ0) is 13.2. The fourth-order valence-corrected chi connectivity index (χ4v) is 5.03. The number of nitrogens with zero attached hydrogens (tertiary/aromatic N) is 1. The first-order valence-electron chi connectivity index (χ1n) is 6.81. The average Bonchev–Trinajstić information content (AvgIpc) is 3.00. The van der Waals surface area contributed by atoms with Crippen molar-refractivity contribution in [2.45, 2.75) is 51.2 Å². The smallest absolute Gasteiger partial charge is 0.108 e. The second kappa shape index (κ2) is 6.04. The second-order valence-corrected chi connectivity index (χ2v) is 6.82.